The lowest BCUT2D eigenvalue weighted by Gasteiger charge is -2.24. The Hall–Kier alpha value is -1.76. The van der Waals surface area contributed by atoms with Gasteiger partial charge in [-0.05, 0) is 60.8 Å². The van der Waals surface area contributed by atoms with Crippen molar-refractivity contribution in [1.82, 2.24) is 0 Å². The third-order valence-electron chi connectivity index (χ3n) is 4.82. The second-order valence-corrected chi connectivity index (χ2v) is 6.36. The Kier molecular flexibility index (Phi) is 2.80. The number of nitrogens with one attached hydrogen (secondary N) is 1. The molecule has 0 bridgehead atoms. The fraction of sp³-hybridized carbons (Fsp3) is 0.368. The van der Waals surface area contributed by atoms with E-state index >= 15 is 0 Å². The Morgan fingerprint density at radius 1 is 0.950 bits per heavy atom. The molecule has 0 aromatic heterocycles. The summed E-state index contributed by atoms with van der Waals surface area (Å²) < 4.78 is 0. The molecular formula is C19H21N. The van der Waals surface area contributed by atoms with Gasteiger partial charge >= 0.3 is 0 Å². The molecule has 102 valence electrons. The first-order chi connectivity index (χ1) is 9.81. The van der Waals surface area contributed by atoms with Gasteiger partial charge in [0, 0.05) is 11.7 Å². The van der Waals surface area contributed by atoms with Gasteiger partial charge < -0.3 is 5.32 Å². The van der Waals surface area contributed by atoms with Crippen LogP contribution in [0.25, 0.3) is 0 Å². The number of hydrogen-bond acceptors (Lipinski definition) is 1. The lowest BCUT2D eigenvalue weighted by molar-refractivity contribution is 0.680. The smallest absolute Gasteiger partial charge is 0.0374 e. The maximum atomic E-state index is 3.59. The molecule has 4 rings (SSSR count). The Balaban J connectivity index is 1.56. The monoisotopic (exact) mass is 263 g/mol. The number of benzene rings is 2. The average molecular weight is 263 g/mol. The van der Waals surface area contributed by atoms with Crippen molar-refractivity contribution >= 4 is 5.69 Å². The van der Waals surface area contributed by atoms with E-state index in [1.807, 2.05) is 0 Å². The van der Waals surface area contributed by atoms with Gasteiger partial charge in [0.05, 0.1) is 0 Å². The highest BCUT2D eigenvalue weighted by atomic mass is 14.9. The van der Waals surface area contributed by atoms with Crippen LogP contribution in [0, 0.1) is 0 Å². The van der Waals surface area contributed by atoms with Crippen molar-refractivity contribution < 1.29 is 0 Å². The molecule has 2 aromatic carbocycles. The molecule has 3 atom stereocenters. The zero-order valence-electron chi connectivity index (χ0n) is 12.0. The van der Waals surface area contributed by atoms with Crippen LogP contribution in [0.3, 0.4) is 0 Å². The van der Waals surface area contributed by atoms with Crippen LogP contribution in [0.15, 0.2) is 48.5 Å². The zero-order valence-corrected chi connectivity index (χ0v) is 12.0. The van der Waals surface area contributed by atoms with Gasteiger partial charge in [-0.15, -0.1) is 0 Å². The maximum absolute atomic E-state index is 3.59. The van der Waals surface area contributed by atoms with Crippen LogP contribution in [0.5, 0.6) is 0 Å². The maximum Gasteiger partial charge on any atom is 0.0374 e. The Labute approximate surface area is 121 Å². The Morgan fingerprint density at radius 3 is 2.60 bits per heavy atom. The number of rotatable bonds is 2. The molecule has 1 heterocycles. The van der Waals surface area contributed by atoms with E-state index < -0.39 is 0 Å². The van der Waals surface area contributed by atoms with Crippen LogP contribution in [-0.2, 0) is 6.42 Å². The first-order valence-electron chi connectivity index (χ1n) is 7.75. The molecule has 0 radical (unpaired) electrons. The largest absolute Gasteiger partial charge is 0.382 e. The number of fused-ring (bicyclic) bond motifs is 1. The minimum Gasteiger partial charge on any atom is -0.382 e. The van der Waals surface area contributed by atoms with Crippen molar-refractivity contribution in [2.75, 3.05) is 5.32 Å². The van der Waals surface area contributed by atoms with E-state index in [9.17, 15) is 0 Å². The Morgan fingerprint density at radius 2 is 1.75 bits per heavy atom. The molecular weight excluding hydrogens is 242 g/mol. The van der Waals surface area contributed by atoms with Crippen molar-refractivity contribution in [3.8, 4) is 0 Å². The summed E-state index contributed by atoms with van der Waals surface area (Å²) in [5, 5.41) is 3.59. The third kappa shape index (κ3) is 2.11. The van der Waals surface area contributed by atoms with Gasteiger partial charge in [0.1, 0.15) is 0 Å². The molecule has 1 N–H and O–H groups in total. The van der Waals surface area contributed by atoms with Crippen molar-refractivity contribution in [1.29, 1.82) is 0 Å². The summed E-state index contributed by atoms with van der Waals surface area (Å²) in [6.07, 6.45) is 3.79. The number of anilines is 1. The van der Waals surface area contributed by atoms with E-state index in [-0.39, 0.29) is 0 Å². The highest BCUT2D eigenvalue weighted by Gasteiger charge is 2.39. The Bertz CT molecular complexity index is 617. The predicted octanol–water partition coefficient (Wildman–Crippen LogP) is 4.70. The highest BCUT2D eigenvalue weighted by Crippen LogP contribution is 2.55. The summed E-state index contributed by atoms with van der Waals surface area (Å²) in [6, 6.07) is 18.6. The fourth-order valence-electron chi connectivity index (χ4n) is 3.53. The fourth-order valence-corrected chi connectivity index (χ4v) is 3.53. The molecule has 2 aromatic rings. The summed E-state index contributed by atoms with van der Waals surface area (Å²) in [5.41, 5.74) is 5.90. The van der Waals surface area contributed by atoms with Gasteiger partial charge in [-0.25, -0.2) is 0 Å². The van der Waals surface area contributed by atoms with E-state index in [0.29, 0.717) is 6.04 Å². The van der Waals surface area contributed by atoms with Crippen molar-refractivity contribution in [2.45, 2.75) is 44.1 Å². The van der Waals surface area contributed by atoms with E-state index in [4.69, 9.17) is 0 Å². The lowest BCUT2D eigenvalue weighted by atomic mass is 9.95. The van der Waals surface area contributed by atoms with Crippen LogP contribution in [0.1, 0.15) is 48.3 Å². The third-order valence-corrected chi connectivity index (χ3v) is 4.82. The van der Waals surface area contributed by atoms with E-state index in [0.717, 1.165) is 11.8 Å². The standard InChI is InChI=1S/C19H21N/c1-13-7-8-16-11-15(9-10-19(16)20-13)18-12-17(18)14-5-3-2-4-6-14/h2-6,9-11,13,17-18,20H,7-8,12H2,1H3. The molecule has 0 amide bonds. The van der Waals surface area contributed by atoms with E-state index in [2.05, 4.69) is 60.8 Å². The topological polar surface area (TPSA) is 12.0 Å². The van der Waals surface area contributed by atoms with Gasteiger partial charge in [-0.1, -0.05) is 42.5 Å². The summed E-state index contributed by atoms with van der Waals surface area (Å²) in [5.74, 6) is 1.48. The molecule has 1 nitrogen and oxygen atoms in total. The molecule has 3 unspecified atom stereocenters. The molecule has 20 heavy (non-hydrogen) atoms. The summed E-state index contributed by atoms with van der Waals surface area (Å²) >= 11 is 0. The normalized spacial score (nSPS) is 27.6. The first kappa shape index (κ1) is 12.0. The van der Waals surface area contributed by atoms with Crippen LogP contribution in [0.2, 0.25) is 0 Å². The van der Waals surface area contributed by atoms with Crippen molar-refractivity contribution in [3.63, 3.8) is 0 Å². The minimum atomic E-state index is 0.617. The van der Waals surface area contributed by atoms with E-state index in [1.165, 1.54) is 41.6 Å². The first-order valence-corrected chi connectivity index (χ1v) is 7.75. The van der Waals surface area contributed by atoms with Crippen LogP contribution < -0.4 is 5.32 Å². The van der Waals surface area contributed by atoms with Crippen LogP contribution in [-0.4, -0.2) is 6.04 Å². The summed E-state index contributed by atoms with van der Waals surface area (Å²) in [4.78, 5) is 0. The molecule has 0 saturated heterocycles. The highest BCUT2D eigenvalue weighted by molar-refractivity contribution is 5.56. The molecule has 1 saturated carbocycles. The van der Waals surface area contributed by atoms with Crippen LogP contribution in [0.4, 0.5) is 5.69 Å². The number of aryl methyl sites for hydroxylation is 1. The van der Waals surface area contributed by atoms with Crippen molar-refractivity contribution in [2.24, 2.45) is 0 Å². The van der Waals surface area contributed by atoms with Gasteiger partial charge in [-0.3, -0.25) is 0 Å². The second-order valence-electron chi connectivity index (χ2n) is 6.36. The van der Waals surface area contributed by atoms with Gasteiger partial charge in [0.15, 0.2) is 0 Å². The molecule has 2 aliphatic rings. The molecule has 1 aliphatic heterocycles. The average Bonchev–Trinajstić information content (AvgIpc) is 3.28. The lowest BCUT2D eigenvalue weighted by Crippen LogP contribution is -2.21. The van der Waals surface area contributed by atoms with Gasteiger partial charge in [-0.2, -0.15) is 0 Å². The number of hydrogen-bond donors (Lipinski definition) is 1. The predicted molar refractivity (Wildman–Crippen MR) is 84.4 cm³/mol. The molecule has 1 fully saturated rings. The van der Waals surface area contributed by atoms with Gasteiger partial charge in [0.25, 0.3) is 0 Å². The van der Waals surface area contributed by atoms with Gasteiger partial charge in [0.2, 0.25) is 0 Å². The summed E-state index contributed by atoms with van der Waals surface area (Å²) in [6.45, 7) is 2.27. The summed E-state index contributed by atoms with van der Waals surface area (Å²) in [7, 11) is 0. The minimum absolute atomic E-state index is 0.617. The SMILES string of the molecule is CC1CCc2cc(C3CC3c3ccccc3)ccc2N1. The zero-order chi connectivity index (χ0) is 13.5. The quantitative estimate of drug-likeness (QED) is 0.827. The second kappa shape index (κ2) is 4.66. The van der Waals surface area contributed by atoms with E-state index in [1.54, 1.807) is 0 Å². The molecule has 1 aliphatic carbocycles. The molecule has 0 spiro atoms. The van der Waals surface area contributed by atoms with Crippen molar-refractivity contribution in [3.05, 3.63) is 65.2 Å². The molecule has 1 heteroatoms. The van der Waals surface area contributed by atoms with Crippen LogP contribution >= 0.6 is 0 Å².